The van der Waals surface area contributed by atoms with Crippen LogP contribution in [0.15, 0.2) is 36.7 Å². The predicted octanol–water partition coefficient (Wildman–Crippen LogP) is 4.55. The number of nitrogens with zero attached hydrogens (tertiary/aromatic N) is 4. The van der Waals surface area contributed by atoms with E-state index in [1.165, 1.54) is 6.92 Å². The van der Waals surface area contributed by atoms with Crippen molar-refractivity contribution in [3.63, 3.8) is 0 Å². The quantitative estimate of drug-likeness (QED) is 0.281. The topological polar surface area (TPSA) is 83.2 Å². The highest BCUT2D eigenvalue weighted by Gasteiger charge is 2.19. The van der Waals surface area contributed by atoms with Crippen molar-refractivity contribution in [2.75, 3.05) is 13.7 Å². The molecule has 3 aromatic heterocycles. The Morgan fingerprint density at radius 3 is 2.71 bits per heavy atom. The summed E-state index contributed by atoms with van der Waals surface area (Å²) in [7, 11) is 2.52. The van der Waals surface area contributed by atoms with Crippen LogP contribution in [0.25, 0.3) is 33.3 Å². The monoisotopic (exact) mass is 479 g/mol. The molecule has 0 saturated carbocycles. The second-order valence-electron chi connectivity index (χ2n) is 9.82. The van der Waals surface area contributed by atoms with Crippen LogP contribution < -0.4 is 10.1 Å². The molecule has 180 valence electrons. The first-order valence-electron chi connectivity index (χ1n) is 11.5. The maximum atomic E-state index is 11.3. The minimum Gasteiger partial charge on any atom is -0.497 e. The predicted molar refractivity (Wildman–Crippen MR) is 138 cm³/mol. The van der Waals surface area contributed by atoms with Gasteiger partial charge in [-0.05, 0) is 30.3 Å². The summed E-state index contributed by atoms with van der Waals surface area (Å²) in [5.74, 6) is 0.712. The van der Waals surface area contributed by atoms with Crippen LogP contribution in [-0.4, -0.2) is 46.8 Å². The lowest BCUT2D eigenvalue weighted by molar-refractivity contribution is -0.119. The molecule has 1 N–H and O–H groups in total. The van der Waals surface area contributed by atoms with Crippen LogP contribution in [0.1, 0.15) is 12.6 Å². The first-order chi connectivity index (χ1) is 16.2. The van der Waals surface area contributed by atoms with Gasteiger partial charge in [0.1, 0.15) is 18.0 Å². The maximum Gasteiger partial charge on any atom is 0.217 e. The molecule has 0 spiro atoms. The van der Waals surface area contributed by atoms with E-state index in [2.05, 4.69) is 58.5 Å². The number of benzene rings is 1. The Kier molecular flexibility index (Phi) is 6.76. The summed E-state index contributed by atoms with van der Waals surface area (Å²) < 4.78 is 15.8. The Balaban J connectivity index is 1.79. The minimum atomic E-state index is -1.19. The summed E-state index contributed by atoms with van der Waals surface area (Å²) in [5, 5.41) is 3.88. The fraction of sp³-hybridized carbons (Fsp3) is 0.400. The fourth-order valence-electron chi connectivity index (χ4n) is 3.95. The summed E-state index contributed by atoms with van der Waals surface area (Å²) in [6.07, 6.45) is 3.84. The summed E-state index contributed by atoms with van der Waals surface area (Å²) in [4.78, 5) is 20.8. The van der Waals surface area contributed by atoms with Gasteiger partial charge in [-0.2, -0.15) is 0 Å². The second kappa shape index (κ2) is 9.59. The summed E-state index contributed by atoms with van der Waals surface area (Å²) in [5.41, 5.74) is 5.40. The number of fused-ring (bicyclic) bond motifs is 2. The van der Waals surface area contributed by atoms with Crippen molar-refractivity contribution < 1.29 is 14.3 Å². The van der Waals surface area contributed by atoms with E-state index in [1.54, 1.807) is 13.3 Å². The number of aromatic nitrogens is 4. The van der Waals surface area contributed by atoms with E-state index < -0.39 is 8.07 Å². The number of nitrogens with one attached hydrogen (secondary N) is 1. The van der Waals surface area contributed by atoms with Crippen LogP contribution in [0.4, 0.5) is 0 Å². The molecule has 0 bridgehead atoms. The molecule has 3 heterocycles. The zero-order valence-corrected chi connectivity index (χ0v) is 21.8. The molecular weight excluding hydrogens is 446 g/mol. The second-order valence-corrected chi connectivity index (χ2v) is 15.4. The zero-order valence-electron chi connectivity index (χ0n) is 20.8. The van der Waals surface area contributed by atoms with Crippen molar-refractivity contribution in [2.45, 2.75) is 45.9 Å². The lowest BCUT2D eigenvalue weighted by Gasteiger charge is -2.16. The number of rotatable bonds is 9. The Bertz CT molecular complexity index is 1340. The largest absolute Gasteiger partial charge is 0.497 e. The molecule has 9 heteroatoms. The molecule has 8 nitrogen and oxygen atoms in total. The van der Waals surface area contributed by atoms with Gasteiger partial charge in [-0.15, -0.1) is 0 Å². The van der Waals surface area contributed by atoms with Crippen molar-refractivity contribution in [2.24, 2.45) is 7.05 Å². The summed E-state index contributed by atoms with van der Waals surface area (Å²) in [6.45, 7) is 9.98. The van der Waals surface area contributed by atoms with Gasteiger partial charge >= 0.3 is 0 Å². The Labute approximate surface area is 200 Å². The van der Waals surface area contributed by atoms with Crippen LogP contribution in [0.5, 0.6) is 5.75 Å². The number of ether oxygens (including phenoxy) is 2. The molecule has 1 aromatic carbocycles. The molecule has 0 fully saturated rings. The van der Waals surface area contributed by atoms with Gasteiger partial charge in [0.25, 0.3) is 0 Å². The van der Waals surface area contributed by atoms with Gasteiger partial charge in [0.15, 0.2) is 5.65 Å². The molecule has 4 rings (SSSR count). The lowest BCUT2D eigenvalue weighted by atomic mass is 10.1. The van der Waals surface area contributed by atoms with E-state index in [0.29, 0.717) is 25.6 Å². The molecule has 0 aliphatic heterocycles. The van der Waals surface area contributed by atoms with Crippen molar-refractivity contribution in [3.8, 4) is 17.0 Å². The highest BCUT2D eigenvalue weighted by molar-refractivity contribution is 6.76. The van der Waals surface area contributed by atoms with Crippen molar-refractivity contribution in [3.05, 3.63) is 42.4 Å². The van der Waals surface area contributed by atoms with Crippen molar-refractivity contribution >= 4 is 36.0 Å². The summed E-state index contributed by atoms with van der Waals surface area (Å²) in [6, 6.07) is 9.24. The number of hydrogen-bond acceptors (Lipinski definition) is 5. The van der Waals surface area contributed by atoms with Crippen LogP contribution in [0.2, 0.25) is 25.7 Å². The number of carbonyl (C=O) groups excluding carboxylic acids is 1. The molecular formula is C25H33N5O3Si. The normalized spacial score (nSPS) is 11.9. The molecule has 1 amide bonds. The molecule has 0 aliphatic carbocycles. The van der Waals surface area contributed by atoms with Crippen LogP contribution in [-0.2, 0) is 29.9 Å². The molecule has 0 unspecified atom stereocenters. The summed E-state index contributed by atoms with van der Waals surface area (Å²) >= 11 is 0. The maximum absolute atomic E-state index is 11.3. The highest BCUT2D eigenvalue weighted by Crippen LogP contribution is 2.35. The average Bonchev–Trinajstić information content (AvgIpc) is 3.31. The van der Waals surface area contributed by atoms with Gasteiger partial charge in [-0.1, -0.05) is 19.6 Å². The van der Waals surface area contributed by atoms with E-state index >= 15 is 0 Å². The molecule has 34 heavy (non-hydrogen) atoms. The van der Waals surface area contributed by atoms with Gasteiger partial charge in [-0.25, -0.2) is 9.97 Å². The van der Waals surface area contributed by atoms with E-state index in [9.17, 15) is 4.79 Å². The van der Waals surface area contributed by atoms with Gasteiger partial charge in [0.05, 0.1) is 31.2 Å². The number of carbonyl (C=O) groups is 1. The van der Waals surface area contributed by atoms with E-state index in [-0.39, 0.29) is 5.91 Å². The number of aryl methyl sites for hydroxylation is 1. The third-order valence-corrected chi connectivity index (χ3v) is 7.56. The van der Waals surface area contributed by atoms with Crippen molar-refractivity contribution in [1.82, 2.24) is 24.4 Å². The highest BCUT2D eigenvalue weighted by atomic mass is 28.3. The molecule has 4 aromatic rings. The van der Waals surface area contributed by atoms with E-state index in [0.717, 1.165) is 45.1 Å². The molecule has 0 saturated heterocycles. The lowest BCUT2D eigenvalue weighted by Crippen LogP contribution is -2.22. The Morgan fingerprint density at radius 1 is 1.21 bits per heavy atom. The Hall–Kier alpha value is -3.17. The standard InChI is InChI=1S/C25H33N5O3Si/c1-17(31)26-13-18-14-27-25-22(28-18)12-24(30(25)16-33-9-10-34(4,5)6)21-15-29(2)23-8-7-19(32-3)11-20(21)23/h7-8,11-12,14-15H,9-10,13,16H2,1-6H3,(H,26,31). The van der Waals surface area contributed by atoms with Crippen LogP contribution in [0.3, 0.4) is 0 Å². The molecule has 0 atom stereocenters. The van der Waals surface area contributed by atoms with Gasteiger partial charge in [0.2, 0.25) is 5.91 Å². The first kappa shape index (κ1) is 24.0. The van der Waals surface area contributed by atoms with Crippen molar-refractivity contribution in [1.29, 1.82) is 0 Å². The van der Waals surface area contributed by atoms with Gasteiger partial charge in [-0.3, -0.25) is 9.36 Å². The zero-order chi connectivity index (χ0) is 24.5. The number of methoxy groups -OCH3 is 1. The average molecular weight is 480 g/mol. The van der Waals surface area contributed by atoms with Gasteiger partial charge < -0.3 is 19.4 Å². The molecule has 0 aliphatic rings. The fourth-order valence-corrected chi connectivity index (χ4v) is 4.71. The van der Waals surface area contributed by atoms with E-state index in [4.69, 9.17) is 19.4 Å². The Morgan fingerprint density at radius 2 is 2.00 bits per heavy atom. The SMILES string of the molecule is COc1ccc2c(c1)c(-c1cc3nc(CNC(C)=O)cnc3n1COCC[Si](C)(C)C)cn2C. The smallest absolute Gasteiger partial charge is 0.217 e. The number of amides is 1. The first-order valence-corrected chi connectivity index (χ1v) is 15.2. The molecule has 0 radical (unpaired) electrons. The third-order valence-electron chi connectivity index (χ3n) is 5.86. The van der Waals surface area contributed by atoms with E-state index in [1.807, 2.05) is 13.1 Å². The minimum absolute atomic E-state index is 0.0966. The van der Waals surface area contributed by atoms with Gasteiger partial charge in [0, 0.05) is 51.3 Å². The van der Waals surface area contributed by atoms with Crippen LogP contribution >= 0.6 is 0 Å². The van der Waals surface area contributed by atoms with Crippen LogP contribution in [0, 0.1) is 0 Å². The third kappa shape index (κ3) is 5.15. The number of hydrogen-bond donors (Lipinski definition) is 1.